The summed E-state index contributed by atoms with van der Waals surface area (Å²) < 4.78 is 0. The smallest absolute Gasteiger partial charge is 0.236 e. The maximum Gasteiger partial charge on any atom is 0.236 e. The summed E-state index contributed by atoms with van der Waals surface area (Å²) in [6, 6.07) is 5.86. The minimum Gasteiger partial charge on any atom is -0.377 e. The van der Waals surface area contributed by atoms with Crippen LogP contribution in [0.3, 0.4) is 0 Å². The van der Waals surface area contributed by atoms with E-state index in [-0.39, 0.29) is 11.2 Å². The van der Waals surface area contributed by atoms with Gasteiger partial charge in [-0.3, -0.25) is 4.79 Å². The molecule has 4 heteroatoms. The highest BCUT2D eigenvalue weighted by Gasteiger charge is 2.09. The van der Waals surface area contributed by atoms with E-state index in [1.165, 1.54) is 5.56 Å². The maximum absolute atomic E-state index is 11.5. The molecule has 0 radical (unpaired) electrons. The van der Waals surface area contributed by atoms with Crippen molar-refractivity contribution in [1.29, 1.82) is 0 Å². The maximum atomic E-state index is 11.5. The second-order valence-electron chi connectivity index (χ2n) is 4.06. The fraction of sp³-hybridized carbons (Fsp3) is 0.417. The highest BCUT2D eigenvalue weighted by atomic mass is 32.1. The summed E-state index contributed by atoms with van der Waals surface area (Å²) in [7, 11) is 3.96. The number of rotatable bonds is 3. The average molecular weight is 238 g/mol. The van der Waals surface area contributed by atoms with Gasteiger partial charge in [0.1, 0.15) is 0 Å². The average Bonchev–Trinajstić information content (AvgIpc) is 2.20. The predicted octanol–water partition coefficient (Wildman–Crippen LogP) is 2.32. The number of amides is 1. The zero-order chi connectivity index (χ0) is 12.3. The lowest BCUT2D eigenvalue weighted by Crippen LogP contribution is -2.20. The van der Waals surface area contributed by atoms with E-state index < -0.39 is 0 Å². The number of hydrogen-bond donors (Lipinski definition) is 2. The third-order valence-corrected chi connectivity index (χ3v) is 2.57. The molecule has 0 fully saturated rings. The number of aryl methyl sites for hydroxylation is 1. The lowest BCUT2D eigenvalue weighted by Gasteiger charge is -2.17. The van der Waals surface area contributed by atoms with Crippen LogP contribution < -0.4 is 10.2 Å². The van der Waals surface area contributed by atoms with Crippen molar-refractivity contribution in [2.45, 2.75) is 19.1 Å². The normalized spacial score (nSPS) is 12.1. The lowest BCUT2D eigenvalue weighted by atomic mass is 10.1. The van der Waals surface area contributed by atoms with Crippen LogP contribution in [0, 0.1) is 6.92 Å². The largest absolute Gasteiger partial charge is 0.377 e. The van der Waals surface area contributed by atoms with Gasteiger partial charge in [-0.25, -0.2) is 0 Å². The first-order valence-electron chi connectivity index (χ1n) is 5.18. The monoisotopic (exact) mass is 238 g/mol. The molecule has 0 aliphatic heterocycles. The number of anilines is 2. The molecule has 1 atom stereocenters. The van der Waals surface area contributed by atoms with E-state index in [9.17, 15) is 4.79 Å². The van der Waals surface area contributed by atoms with E-state index in [2.05, 4.69) is 17.9 Å². The van der Waals surface area contributed by atoms with Crippen molar-refractivity contribution in [2.24, 2.45) is 0 Å². The summed E-state index contributed by atoms with van der Waals surface area (Å²) in [5, 5.41) is 2.52. The molecule has 88 valence electrons. The molecule has 0 heterocycles. The van der Waals surface area contributed by atoms with Crippen LogP contribution in [0.25, 0.3) is 0 Å². The van der Waals surface area contributed by atoms with E-state index in [1.54, 1.807) is 6.92 Å². The Labute approximate surface area is 102 Å². The Morgan fingerprint density at radius 3 is 2.56 bits per heavy atom. The number of benzene rings is 1. The number of nitrogens with zero attached hydrogens (tertiary/aromatic N) is 1. The summed E-state index contributed by atoms with van der Waals surface area (Å²) in [5.41, 5.74) is 3.09. The molecule has 1 aromatic carbocycles. The highest BCUT2D eigenvalue weighted by molar-refractivity contribution is 7.81. The molecule has 3 nitrogen and oxygen atoms in total. The van der Waals surface area contributed by atoms with Crippen molar-refractivity contribution >= 4 is 29.9 Å². The summed E-state index contributed by atoms with van der Waals surface area (Å²) in [5.74, 6) is -0.0862. The molecule has 0 saturated heterocycles. The lowest BCUT2D eigenvalue weighted by molar-refractivity contribution is -0.115. The van der Waals surface area contributed by atoms with Crippen LogP contribution >= 0.6 is 12.6 Å². The van der Waals surface area contributed by atoms with Gasteiger partial charge in [-0.05, 0) is 31.5 Å². The Morgan fingerprint density at radius 1 is 1.44 bits per heavy atom. The van der Waals surface area contributed by atoms with Crippen LogP contribution in [0.1, 0.15) is 12.5 Å². The molecule has 1 rings (SSSR count). The standard InChI is InChI=1S/C12H18N2OS/c1-8-5-6-10(7-11(8)14(3)4)13-12(15)9(2)16/h5-7,9,16H,1-4H3,(H,13,15). The number of carbonyl (C=O) groups excluding carboxylic acids is 1. The van der Waals surface area contributed by atoms with Crippen molar-refractivity contribution in [3.63, 3.8) is 0 Å². The predicted molar refractivity (Wildman–Crippen MR) is 72.6 cm³/mol. The van der Waals surface area contributed by atoms with Gasteiger partial charge < -0.3 is 10.2 Å². The molecule has 0 spiro atoms. The third-order valence-electron chi connectivity index (χ3n) is 2.34. The van der Waals surface area contributed by atoms with E-state index in [4.69, 9.17) is 0 Å². The van der Waals surface area contributed by atoms with Crippen LogP contribution in [0.2, 0.25) is 0 Å². The molecule has 1 unspecified atom stereocenters. The van der Waals surface area contributed by atoms with E-state index in [1.807, 2.05) is 44.1 Å². The molecular weight excluding hydrogens is 220 g/mol. The van der Waals surface area contributed by atoms with Crippen LogP contribution in [0.5, 0.6) is 0 Å². The minimum atomic E-state index is -0.302. The zero-order valence-corrected chi connectivity index (χ0v) is 11.0. The molecule has 0 aliphatic carbocycles. The van der Waals surface area contributed by atoms with Crippen LogP contribution in [-0.4, -0.2) is 25.3 Å². The molecule has 0 bridgehead atoms. The van der Waals surface area contributed by atoms with Crippen LogP contribution in [-0.2, 0) is 4.79 Å². The first-order chi connectivity index (χ1) is 7.41. The van der Waals surface area contributed by atoms with E-state index in [0.717, 1.165) is 11.4 Å². The SMILES string of the molecule is Cc1ccc(NC(=O)C(C)S)cc1N(C)C. The Bertz CT molecular complexity index is 389. The molecule has 1 amide bonds. The van der Waals surface area contributed by atoms with Crippen molar-refractivity contribution in [2.75, 3.05) is 24.3 Å². The Morgan fingerprint density at radius 2 is 2.06 bits per heavy atom. The number of hydrogen-bond acceptors (Lipinski definition) is 3. The van der Waals surface area contributed by atoms with Crippen LogP contribution in [0.4, 0.5) is 11.4 Å². The van der Waals surface area contributed by atoms with Crippen molar-refractivity contribution in [1.82, 2.24) is 0 Å². The van der Waals surface area contributed by atoms with Gasteiger partial charge in [-0.2, -0.15) is 12.6 Å². The van der Waals surface area contributed by atoms with Crippen molar-refractivity contribution < 1.29 is 4.79 Å². The third kappa shape index (κ3) is 3.17. The highest BCUT2D eigenvalue weighted by Crippen LogP contribution is 2.22. The molecule has 0 saturated carbocycles. The van der Waals surface area contributed by atoms with Gasteiger partial charge >= 0.3 is 0 Å². The van der Waals surface area contributed by atoms with Gasteiger partial charge in [0.2, 0.25) is 5.91 Å². The quantitative estimate of drug-likeness (QED) is 0.792. The molecule has 0 aromatic heterocycles. The second-order valence-corrected chi connectivity index (χ2v) is 4.84. The Balaban J connectivity index is 2.91. The van der Waals surface area contributed by atoms with E-state index >= 15 is 0 Å². The molecule has 1 aromatic rings. The van der Waals surface area contributed by atoms with Gasteiger partial charge in [0.05, 0.1) is 5.25 Å². The molecule has 0 aliphatic rings. The topological polar surface area (TPSA) is 32.3 Å². The first kappa shape index (κ1) is 12.9. The fourth-order valence-corrected chi connectivity index (χ4v) is 1.48. The van der Waals surface area contributed by atoms with Gasteiger partial charge in [-0.15, -0.1) is 0 Å². The van der Waals surface area contributed by atoms with Crippen molar-refractivity contribution in [3.05, 3.63) is 23.8 Å². The number of thiol groups is 1. The Kier molecular flexibility index (Phi) is 4.24. The number of nitrogens with one attached hydrogen (secondary N) is 1. The van der Waals surface area contributed by atoms with Gasteiger partial charge in [-0.1, -0.05) is 6.07 Å². The minimum absolute atomic E-state index is 0.0862. The summed E-state index contributed by atoms with van der Waals surface area (Å²) in [4.78, 5) is 13.5. The number of carbonyl (C=O) groups is 1. The first-order valence-corrected chi connectivity index (χ1v) is 5.70. The summed E-state index contributed by atoms with van der Waals surface area (Å²) >= 11 is 4.09. The van der Waals surface area contributed by atoms with Gasteiger partial charge in [0.25, 0.3) is 0 Å². The molecule has 1 N–H and O–H groups in total. The summed E-state index contributed by atoms with van der Waals surface area (Å²) in [6.45, 7) is 3.79. The van der Waals surface area contributed by atoms with Crippen LogP contribution in [0.15, 0.2) is 18.2 Å². The Hall–Kier alpha value is -1.16. The van der Waals surface area contributed by atoms with E-state index in [0.29, 0.717) is 0 Å². The fourth-order valence-electron chi connectivity index (χ4n) is 1.42. The second kappa shape index (κ2) is 5.25. The zero-order valence-electron chi connectivity index (χ0n) is 10.1. The summed E-state index contributed by atoms with van der Waals surface area (Å²) in [6.07, 6.45) is 0. The molecular formula is C12H18N2OS. The van der Waals surface area contributed by atoms with Gasteiger partial charge in [0.15, 0.2) is 0 Å². The van der Waals surface area contributed by atoms with Crippen molar-refractivity contribution in [3.8, 4) is 0 Å². The van der Waals surface area contributed by atoms with Gasteiger partial charge in [0, 0.05) is 25.5 Å². The molecule has 16 heavy (non-hydrogen) atoms.